The molecule has 7 heteroatoms. The summed E-state index contributed by atoms with van der Waals surface area (Å²) >= 11 is 0. The summed E-state index contributed by atoms with van der Waals surface area (Å²) in [5.41, 5.74) is 1.31. The van der Waals surface area contributed by atoms with Crippen LogP contribution in [0.1, 0.15) is 36.2 Å². The fourth-order valence-corrected chi connectivity index (χ4v) is 3.10. The molecule has 1 aliphatic heterocycles. The van der Waals surface area contributed by atoms with Gasteiger partial charge in [0.05, 0.1) is 36.6 Å². The number of carboxylic acids is 1. The van der Waals surface area contributed by atoms with Crippen LogP contribution < -0.4 is 14.5 Å². The van der Waals surface area contributed by atoms with Crippen LogP contribution in [0.25, 0.3) is 0 Å². The van der Waals surface area contributed by atoms with Gasteiger partial charge in [-0.05, 0) is 36.4 Å². The summed E-state index contributed by atoms with van der Waals surface area (Å²) in [5, 5.41) is 15.1. The second kappa shape index (κ2) is 7.34. The van der Waals surface area contributed by atoms with Crippen molar-refractivity contribution >= 4 is 23.3 Å². The fraction of sp³-hybridized carbons (Fsp3) is 0.286. The molecule has 0 atom stereocenters. The number of hydrogen-bond donors (Lipinski definition) is 1. The number of ether oxygens (including phenoxy) is 2. The summed E-state index contributed by atoms with van der Waals surface area (Å²) in [6.07, 6.45) is 0.441. The minimum atomic E-state index is -1.06. The number of benzene rings is 2. The Hall–Kier alpha value is -3.35. The van der Waals surface area contributed by atoms with E-state index >= 15 is 0 Å². The Balaban J connectivity index is 2.09. The van der Waals surface area contributed by atoms with Crippen LogP contribution in [0.3, 0.4) is 0 Å². The number of amides is 1. The highest BCUT2D eigenvalue weighted by molar-refractivity contribution is 6.11. The van der Waals surface area contributed by atoms with Crippen LogP contribution in [-0.2, 0) is 4.79 Å². The summed E-state index contributed by atoms with van der Waals surface area (Å²) in [7, 11) is 3.12. The highest BCUT2D eigenvalue weighted by Gasteiger charge is 2.39. The van der Waals surface area contributed by atoms with Gasteiger partial charge < -0.3 is 14.6 Å². The van der Waals surface area contributed by atoms with Crippen molar-refractivity contribution in [3.8, 4) is 11.5 Å². The van der Waals surface area contributed by atoms with Gasteiger partial charge >= 0.3 is 5.97 Å². The molecule has 1 heterocycles. The van der Waals surface area contributed by atoms with Gasteiger partial charge in [-0.15, -0.1) is 0 Å². The van der Waals surface area contributed by atoms with Crippen molar-refractivity contribution in [1.82, 2.24) is 0 Å². The maximum Gasteiger partial charge on any atom is 0.335 e. The van der Waals surface area contributed by atoms with E-state index in [9.17, 15) is 14.7 Å². The van der Waals surface area contributed by atoms with E-state index in [2.05, 4.69) is 5.10 Å². The van der Waals surface area contributed by atoms with Gasteiger partial charge in [0.2, 0.25) is 0 Å². The molecular weight excluding hydrogens is 360 g/mol. The third kappa shape index (κ3) is 3.55. The van der Waals surface area contributed by atoms with Gasteiger partial charge in [-0.25, -0.2) is 4.79 Å². The number of anilines is 1. The van der Waals surface area contributed by atoms with E-state index in [-0.39, 0.29) is 11.5 Å². The van der Waals surface area contributed by atoms with Crippen molar-refractivity contribution in [2.45, 2.75) is 20.3 Å². The molecule has 0 saturated carbocycles. The van der Waals surface area contributed by atoms with E-state index in [1.54, 1.807) is 32.4 Å². The minimum Gasteiger partial charge on any atom is -0.493 e. The van der Waals surface area contributed by atoms with Crippen LogP contribution in [0, 0.1) is 5.41 Å². The molecule has 0 fully saturated rings. The average Bonchev–Trinajstić information content (AvgIpc) is 2.69. The highest BCUT2D eigenvalue weighted by Crippen LogP contribution is 2.36. The predicted octanol–water partition coefficient (Wildman–Crippen LogP) is 3.57. The van der Waals surface area contributed by atoms with Gasteiger partial charge in [-0.2, -0.15) is 10.1 Å². The number of methoxy groups -OCH3 is 2. The number of rotatable bonds is 5. The number of hydrazone groups is 1. The number of aromatic carboxylic acids is 1. The average molecular weight is 382 g/mol. The molecule has 1 aliphatic rings. The maximum atomic E-state index is 13.0. The first kappa shape index (κ1) is 19.4. The number of carbonyl (C=O) groups is 2. The molecule has 0 spiro atoms. The highest BCUT2D eigenvalue weighted by atomic mass is 16.5. The van der Waals surface area contributed by atoms with Crippen LogP contribution in [0.2, 0.25) is 0 Å². The van der Waals surface area contributed by atoms with E-state index in [0.717, 1.165) is 5.56 Å². The lowest BCUT2D eigenvalue weighted by atomic mass is 9.82. The zero-order valence-corrected chi connectivity index (χ0v) is 16.2. The van der Waals surface area contributed by atoms with Gasteiger partial charge in [-0.3, -0.25) is 4.79 Å². The molecule has 0 radical (unpaired) electrons. The minimum absolute atomic E-state index is 0.0940. The third-order valence-corrected chi connectivity index (χ3v) is 4.66. The maximum absolute atomic E-state index is 13.0. The molecule has 0 saturated heterocycles. The Labute approximate surface area is 163 Å². The lowest BCUT2D eigenvalue weighted by molar-refractivity contribution is -0.126. The Morgan fingerprint density at radius 1 is 1.11 bits per heavy atom. The van der Waals surface area contributed by atoms with Crippen molar-refractivity contribution in [2.75, 3.05) is 19.2 Å². The molecule has 2 aromatic carbocycles. The number of nitrogens with zero attached hydrogens (tertiary/aromatic N) is 2. The zero-order chi connectivity index (χ0) is 20.5. The fourth-order valence-electron chi connectivity index (χ4n) is 3.10. The summed E-state index contributed by atoms with van der Waals surface area (Å²) in [5.74, 6) is -0.0882. The molecule has 0 aliphatic carbocycles. The van der Waals surface area contributed by atoms with Crippen LogP contribution in [-0.4, -0.2) is 36.9 Å². The monoisotopic (exact) mass is 382 g/mol. The van der Waals surface area contributed by atoms with Crippen LogP contribution in [0.5, 0.6) is 11.5 Å². The van der Waals surface area contributed by atoms with E-state index in [1.165, 1.54) is 17.1 Å². The van der Waals surface area contributed by atoms with Gasteiger partial charge in [0.1, 0.15) is 0 Å². The van der Waals surface area contributed by atoms with Crippen molar-refractivity contribution in [3.63, 3.8) is 0 Å². The first-order chi connectivity index (χ1) is 13.3. The van der Waals surface area contributed by atoms with Crippen molar-refractivity contribution < 1.29 is 24.2 Å². The molecular formula is C21H22N2O5. The molecule has 3 rings (SSSR count). The molecule has 1 amide bonds. The summed E-state index contributed by atoms with van der Waals surface area (Å²) < 4.78 is 10.6. The van der Waals surface area contributed by atoms with Crippen molar-refractivity contribution in [1.29, 1.82) is 0 Å². The third-order valence-electron chi connectivity index (χ3n) is 4.66. The standard InChI is InChI=1S/C21H22N2O5/c1-21(2)12-16(13-8-9-17(27-3)18(11-13)28-4)22-23(20(21)26)15-7-5-6-14(10-15)19(24)25/h5-11H,12H2,1-4H3,(H,24,25). The van der Waals surface area contributed by atoms with Gasteiger partial charge in [0.25, 0.3) is 5.91 Å². The van der Waals surface area contributed by atoms with Crippen LogP contribution in [0.15, 0.2) is 47.6 Å². The molecule has 0 unspecified atom stereocenters. The lowest BCUT2D eigenvalue weighted by Crippen LogP contribution is -2.44. The number of carbonyl (C=O) groups excluding carboxylic acids is 1. The molecule has 2 aromatic rings. The predicted molar refractivity (Wildman–Crippen MR) is 105 cm³/mol. The summed E-state index contributed by atoms with van der Waals surface area (Å²) in [6, 6.07) is 11.6. The quantitative estimate of drug-likeness (QED) is 0.854. The Morgan fingerprint density at radius 2 is 1.82 bits per heavy atom. The first-order valence-corrected chi connectivity index (χ1v) is 8.74. The molecule has 1 N–H and O–H groups in total. The Morgan fingerprint density at radius 3 is 2.46 bits per heavy atom. The summed E-state index contributed by atoms with van der Waals surface area (Å²) in [4.78, 5) is 24.3. The van der Waals surface area contributed by atoms with E-state index in [1.807, 2.05) is 26.0 Å². The first-order valence-electron chi connectivity index (χ1n) is 8.74. The Bertz CT molecular complexity index is 965. The molecule has 28 heavy (non-hydrogen) atoms. The molecule has 7 nitrogen and oxygen atoms in total. The lowest BCUT2D eigenvalue weighted by Gasteiger charge is -2.34. The second-order valence-corrected chi connectivity index (χ2v) is 7.15. The zero-order valence-electron chi connectivity index (χ0n) is 16.2. The number of carboxylic acid groups (broad SMARTS) is 1. The topological polar surface area (TPSA) is 88.4 Å². The van der Waals surface area contributed by atoms with Crippen LogP contribution in [0.4, 0.5) is 5.69 Å². The number of hydrogen-bond acceptors (Lipinski definition) is 5. The van der Waals surface area contributed by atoms with Crippen molar-refractivity contribution in [2.24, 2.45) is 10.5 Å². The van der Waals surface area contributed by atoms with E-state index in [4.69, 9.17) is 9.47 Å². The smallest absolute Gasteiger partial charge is 0.335 e. The van der Waals surface area contributed by atoms with Gasteiger partial charge in [0.15, 0.2) is 11.5 Å². The van der Waals surface area contributed by atoms with Gasteiger partial charge in [-0.1, -0.05) is 19.9 Å². The second-order valence-electron chi connectivity index (χ2n) is 7.15. The summed E-state index contributed by atoms with van der Waals surface area (Å²) in [6.45, 7) is 3.69. The normalized spacial score (nSPS) is 15.8. The largest absolute Gasteiger partial charge is 0.493 e. The van der Waals surface area contributed by atoms with Crippen molar-refractivity contribution in [3.05, 3.63) is 53.6 Å². The van der Waals surface area contributed by atoms with E-state index < -0.39 is 11.4 Å². The molecule has 146 valence electrons. The van der Waals surface area contributed by atoms with Gasteiger partial charge in [0, 0.05) is 12.0 Å². The van der Waals surface area contributed by atoms with Crippen LogP contribution >= 0.6 is 0 Å². The SMILES string of the molecule is COc1ccc(C2=NN(c3cccc(C(=O)O)c3)C(=O)C(C)(C)C2)cc1OC. The van der Waals surface area contributed by atoms with E-state index in [0.29, 0.717) is 29.3 Å². The molecule has 0 bridgehead atoms. The Kier molecular flexibility index (Phi) is 5.09. The molecule has 0 aromatic heterocycles.